The van der Waals surface area contributed by atoms with Crippen LogP contribution in [0.1, 0.15) is 83.4 Å². The van der Waals surface area contributed by atoms with Crippen LogP contribution in [0.4, 0.5) is 11.5 Å². The standard InChI is InChI=1S/C31H36N8S/c1-4-7-20-9-11-25(33)24(16-32)29(20)21-8-10-23-26(14-21)35-28(5-2)36-30(23)38-12-6-13-39-22(18-38)15-27(37-39)31-34-17-19(3)40-31/h9,11,15,17,21H,4-8,10,12-14,18,33H2,1-3H3. The van der Waals surface area contributed by atoms with Crippen molar-refractivity contribution in [2.24, 2.45) is 0 Å². The normalized spacial score (nSPS) is 16.8. The van der Waals surface area contributed by atoms with Crippen LogP contribution in [-0.4, -0.2) is 31.3 Å². The van der Waals surface area contributed by atoms with E-state index in [1.807, 2.05) is 12.3 Å². The van der Waals surface area contributed by atoms with Crippen LogP contribution < -0.4 is 10.6 Å². The van der Waals surface area contributed by atoms with E-state index in [0.717, 1.165) is 98.2 Å². The van der Waals surface area contributed by atoms with Crippen LogP contribution in [0.3, 0.4) is 0 Å². The Hall–Kier alpha value is -3.77. The highest BCUT2D eigenvalue weighted by Crippen LogP contribution is 2.40. The number of fused-ring (bicyclic) bond motifs is 2. The van der Waals surface area contributed by atoms with Gasteiger partial charge in [-0.05, 0) is 68.2 Å². The Morgan fingerprint density at radius 2 is 2.08 bits per heavy atom. The summed E-state index contributed by atoms with van der Waals surface area (Å²) in [4.78, 5) is 18.3. The second-order valence-corrected chi connectivity index (χ2v) is 12.2. The molecule has 4 aromatic rings. The van der Waals surface area contributed by atoms with Crippen LogP contribution >= 0.6 is 11.3 Å². The number of nitrogens with zero attached hydrogens (tertiary/aromatic N) is 7. The van der Waals surface area contributed by atoms with Crippen molar-refractivity contribution in [3.63, 3.8) is 0 Å². The Kier molecular flexibility index (Phi) is 7.28. The molecule has 2 N–H and O–H groups in total. The number of hydrogen-bond donors (Lipinski definition) is 1. The highest BCUT2D eigenvalue weighted by molar-refractivity contribution is 7.14. The van der Waals surface area contributed by atoms with Crippen LogP contribution in [0.2, 0.25) is 0 Å². The molecule has 0 fully saturated rings. The van der Waals surface area contributed by atoms with E-state index in [4.69, 9.17) is 20.8 Å². The zero-order valence-corrected chi connectivity index (χ0v) is 24.4. The Morgan fingerprint density at radius 3 is 2.83 bits per heavy atom. The molecule has 3 aromatic heterocycles. The van der Waals surface area contributed by atoms with E-state index in [0.29, 0.717) is 11.3 Å². The van der Waals surface area contributed by atoms with Crippen LogP contribution in [0.5, 0.6) is 0 Å². The molecule has 0 radical (unpaired) electrons. The summed E-state index contributed by atoms with van der Waals surface area (Å²) in [5, 5.41) is 15.9. The lowest BCUT2D eigenvalue weighted by atomic mass is 9.78. The third-order valence-corrected chi connectivity index (χ3v) is 9.11. The van der Waals surface area contributed by atoms with E-state index in [1.54, 1.807) is 11.3 Å². The molecule has 0 saturated carbocycles. The molecule has 0 spiro atoms. The molecule has 2 aliphatic rings. The monoisotopic (exact) mass is 552 g/mol. The SMILES string of the molecule is CCCc1ccc(N)c(C#N)c1C1CCc2c(nc(CC)nc2N2CCCn3nc(-c4ncc(C)s4)cc3C2)C1. The summed E-state index contributed by atoms with van der Waals surface area (Å²) >= 11 is 1.69. The molecule has 1 aromatic carbocycles. The molecule has 0 saturated heterocycles. The highest BCUT2D eigenvalue weighted by Gasteiger charge is 2.31. The van der Waals surface area contributed by atoms with E-state index in [9.17, 15) is 5.26 Å². The first-order chi connectivity index (χ1) is 19.5. The number of nitrogens with two attached hydrogens (primary N) is 1. The molecule has 0 amide bonds. The number of aromatic nitrogens is 5. The summed E-state index contributed by atoms with van der Waals surface area (Å²) in [5.41, 5.74) is 14.4. The Balaban J connectivity index is 1.35. The van der Waals surface area contributed by atoms with Crippen LogP contribution in [0.15, 0.2) is 24.4 Å². The van der Waals surface area contributed by atoms with E-state index in [-0.39, 0.29) is 5.92 Å². The average Bonchev–Trinajstić information content (AvgIpc) is 3.52. The second-order valence-electron chi connectivity index (χ2n) is 10.9. The largest absolute Gasteiger partial charge is 0.398 e. The number of thiazole rings is 1. The predicted octanol–water partition coefficient (Wildman–Crippen LogP) is 5.76. The maximum atomic E-state index is 10.0. The van der Waals surface area contributed by atoms with Crippen molar-refractivity contribution in [3.05, 3.63) is 68.7 Å². The molecule has 206 valence electrons. The molecule has 1 atom stereocenters. The van der Waals surface area contributed by atoms with Gasteiger partial charge >= 0.3 is 0 Å². The van der Waals surface area contributed by atoms with Crippen molar-refractivity contribution in [2.45, 2.75) is 84.7 Å². The molecule has 4 heterocycles. The summed E-state index contributed by atoms with van der Waals surface area (Å²) in [6, 6.07) is 8.63. The third kappa shape index (κ3) is 4.86. The number of hydrogen-bond acceptors (Lipinski definition) is 8. The summed E-state index contributed by atoms with van der Waals surface area (Å²) in [6.07, 6.45) is 8.35. The Morgan fingerprint density at radius 1 is 1.20 bits per heavy atom. The van der Waals surface area contributed by atoms with Crippen molar-refractivity contribution in [3.8, 4) is 16.8 Å². The maximum Gasteiger partial charge on any atom is 0.143 e. The van der Waals surface area contributed by atoms with Gasteiger partial charge in [0.05, 0.1) is 23.5 Å². The Bertz CT molecular complexity index is 1590. The van der Waals surface area contributed by atoms with Gasteiger partial charge in [0.1, 0.15) is 28.4 Å². The van der Waals surface area contributed by atoms with Gasteiger partial charge in [0, 0.05) is 41.8 Å². The van der Waals surface area contributed by atoms with E-state index >= 15 is 0 Å². The van der Waals surface area contributed by atoms with Crippen molar-refractivity contribution >= 4 is 22.8 Å². The summed E-state index contributed by atoms with van der Waals surface area (Å²) < 4.78 is 2.15. The quantitative estimate of drug-likeness (QED) is 0.303. The third-order valence-electron chi connectivity index (χ3n) is 8.18. The summed E-state index contributed by atoms with van der Waals surface area (Å²) in [6.45, 7) is 8.97. The minimum atomic E-state index is 0.231. The molecule has 1 aliphatic carbocycles. The zero-order valence-electron chi connectivity index (χ0n) is 23.6. The van der Waals surface area contributed by atoms with Gasteiger partial charge in [0.25, 0.3) is 0 Å². The minimum Gasteiger partial charge on any atom is -0.398 e. The first kappa shape index (κ1) is 26.5. The average molecular weight is 553 g/mol. The van der Waals surface area contributed by atoms with Crippen LogP contribution in [0, 0.1) is 18.3 Å². The van der Waals surface area contributed by atoms with Gasteiger partial charge in [0.2, 0.25) is 0 Å². The predicted molar refractivity (Wildman–Crippen MR) is 159 cm³/mol. The molecule has 6 rings (SSSR count). The number of nitriles is 1. The van der Waals surface area contributed by atoms with Crippen LogP contribution in [0.25, 0.3) is 10.7 Å². The molecule has 0 bridgehead atoms. The summed E-state index contributed by atoms with van der Waals surface area (Å²) in [5.74, 6) is 2.19. The van der Waals surface area contributed by atoms with Crippen molar-refractivity contribution in [1.29, 1.82) is 5.26 Å². The topological polar surface area (TPSA) is 110 Å². The van der Waals surface area contributed by atoms with Gasteiger partial charge in [-0.2, -0.15) is 10.4 Å². The fraction of sp³-hybridized carbons (Fsp3) is 0.452. The highest BCUT2D eigenvalue weighted by atomic mass is 32.1. The van der Waals surface area contributed by atoms with Gasteiger partial charge in [-0.15, -0.1) is 11.3 Å². The molecule has 9 heteroatoms. The molecular weight excluding hydrogens is 516 g/mol. The van der Waals surface area contributed by atoms with Gasteiger partial charge < -0.3 is 10.6 Å². The minimum absolute atomic E-state index is 0.231. The number of rotatable bonds is 6. The number of anilines is 2. The lowest BCUT2D eigenvalue weighted by molar-refractivity contribution is 0.557. The second kappa shape index (κ2) is 11.0. The molecule has 40 heavy (non-hydrogen) atoms. The number of benzene rings is 1. The number of aryl methyl sites for hydroxylation is 4. The summed E-state index contributed by atoms with van der Waals surface area (Å²) in [7, 11) is 0. The fourth-order valence-corrected chi connectivity index (χ4v) is 7.01. The van der Waals surface area contributed by atoms with Gasteiger partial charge in [-0.1, -0.05) is 26.3 Å². The van der Waals surface area contributed by atoms with E-state index in [2.05, 4.69) is 53.5 Å². The smallest absolute Gasteiger partial charge is 0.143 e. The molecular formula is C31H36N8S. The first-order valence-corrected chi connectivity index (χ1v) is 15.2. The Labute approximate surface area is 239 Å². The maximum absolute atomic E-state index is 10.0. The van der Waals surface area contributed by atoms with Crippen molar-refractivity contribution < 1.29 is 0 Å². The van der Waals surface area contributed by atoms with E-state index in [1.165, 1.54) is 21.7 Å². The van der Waals surface area contributed by atoms with Crippen LogP contribution in [-0.2, 0) is 38.8 Å². The van der Waals surface area contributed by atoms with Gasteiger partial charge in [-0.3, -0.25) is 4.68 Å². The molecule has 8 nitrogen and oxygen atoms in total. The van der Waals surface area contributed by atoms with Gasteiger partial charge in [-0.25, -0.2) is 15.0 Å². The van der Waals surface area contributed by atoms with Gasteiger partial charge in [0.15, 0.2) is 0 Å². The van der Waals surface area contributed by atoms with Crippen molar-refractivity contribution in [1.82, 2.24) is 24.7 Å². The molecule has 1 aliphatic heterocycles. The fourth-order valence-electron chi connectivity index (χ4n) is 6.29. The number of nitrogen functional groups attached to an aromatic ring is 1. The lowest BCUT2D eigenvalue weighted by Crippen LogP contribution is -2.28. The molecule has 1 unspecified atom stereocenters. The zero-order chi connectivity index (χ0) is 27.8. The first-order valence-electron chi connectivity index (χ1n) is 14.4. The van der Waals surface area contributed by atoms with E-state index < -0.39 is 0 Å². The van der Waals surface area contributed by atoms with Crippen molar-refractivity contribution in [2.75, 3.05) is 17.2 Å². The lowest BCUT2D eigenvalue weighted by Gasteiger charge is -2.31.